The maximum atomic E-state index is 14.0. The molecule has 1 amide bonds. The van der Waals surface area contributed by atoms with Gasteiger partial charge in [-0.2, -0.15) is 17.0 Å². The van der Waals surface area contributed by atoms with E-state index in [0.717, 1.165) is 63.5 Å². The molecular weight excluding hydrogens is 480 g/mol. The van der Waals surface area contributed by atoms with Crippen molar-refractivity contribution in [2.75, 3.05) is 19.7 Å². The number of aliphatic hydroxyl groups is 1. The zero-order valence-corrected chi connectivity index (χ0v) is 21.7. The molecule has 2 N–H and O–H groups in total. The Bertz CT molecular complexity index is 1120. The van der Waals surface area contributed by atoms with Gasteiger partial charge in [0.2, 0.25) is 0 Å². The van der Waals surface area contributed by atoms with Gasteiger partial charge in [-0.05, 0) is 93.8 Å². The van der Waals surface area contributed by atoms with Gasteiger partial charge in [0.05, 0.1) is 0 Å². The van der Waals surface area contributed by atoms with E-state index in [1.165, 1.54) is 0 Å². The molecule has 6 fully saturated rings. The number of carbonyl (C=O) groups is 1. The highest BCUT2D eigenvalue weighted by molar-refractivity contribution is 7.86. The van der Waals surface area contributed by atoms with Crippen molar-refractivity contribution < 1.29 is 22.8 Å². The van der Waals surface area contributed by atoms with Gasteiger partial charge < -0.3 is 14.9 Å². The van der Waals surface area contributed by atoms with Crippen molar-refractivity contribution >= 4 is 16.1 Å². The Morgan fingerprint density at radius 2 is 1.92 bits per heavy atom. The minimum Gasteiger partial charge on any atom is -0.396 e. The number of rotatable bonds is 7. The second-order valence-electron chi connectivity index (χ2n) is 12.6. The van der Waals surface area contributed by atoms with E-state index in [1.807, 2.05) is 8.61 Å². The van der Waals surface area contributed by atoms with Crippen LogP contribution in [0.5, 0.6) is 0 Å². The van der Waals surface area contributed by atoms with Crippen LogP contribution in [0.1, 0.15) is 92.8 Å². The van der Waals surface area contributed by atoms with Crippen LogP contribution in [0.15, 0.2) is 10.6 Å². The lowest BCUT2D eigenvalue weighted by atomic mass is 9.75. The van der Waals surface area contributed by atoms with Crippen molar-refractivity contribution in [2.45, 2.75) is 94.7 Å². The molecule has 9 nitrogen and oxygen atoms in total. The number of aliphatic hydroxyl groups excluding tert-OH is 1. The van der Waals surface area contributed by atoms with Gasteiger partial charge in [0, 0.05) is 49.8 Å². The summed E-state index contributed by atoms with van der Waals surface area (Å²) in [6, 6.07) is 1.59. The third-order valence-electron chi connectivity index (χ3n) is 10.5. The summed E-state index contributed by atoms with van der Waals surface area (Å²) in [6.45, 7) is 1.49. The van der Waals surface area contributed by atoms with E-state index < -0.39 is 10.2 Å². The van der Waals surface area contributed by atoms with Crippen LogP contribution in [0, 0.1) is 23.2 Å². The first-order chi connectivity index (χ1) is 17.4. The van der Waals surface area contributed by atoms with Crippen LogP contribution in [0.25, 0.3) is 0 Å². The van der Waals surface area contributed by atoms with Crippen molar-refractivity contribution in [1.29, 1.82) is 0 Å². The molecule has 0 radical (unpaired) electrons. The molecule has 1 aromatic rings. The first-order valence-electron chi connectivity index (χ1n) is 14.0. The van der Waals surface area contributed by atoms with Crippen molar-refractivity contribution in [3.05, 3.63) is 17.5 Å². The van der Waals surface area contributed by atoms with Gasteiger partial charge in [-0.15, -0.1) is 0 Å². The molecule has 4 bridgehead atoms. The molecule has 6 aliphatic rings. The summed E-state index contributed by atoms with van der Waals surface area (Å²) in [5.74, 6) is 2.36. The van der Waals surface area contributed by atoms with Gasteiger partial charge in [-0.25, -0.2) is 0 Å². The van der Waals surface area contributed by atoms with Crippen molar-refractivity contribution in [3.63, 3.8) is 0 Å². The molecular formula is C26H38N4O5S. The van der Waals surface area contributed by atoms with Crippen molar-refractivity contribution in [3.8, 4) is 0 Å². The van der Waals surface area contributed by atoms with Crippen LogP contribution in [-0.4, -0.2) is 71.0 Å². The number of aromatic nitrogens is 1. The maximum Gasteiger partial charge on any atom is 0.282 e. The summed E-state index contributed by atoms with van der Waals surface area (Å²) < 4.78 is 37.0. The molecule has 4 unspecified atom stereocenters. The highest BCUT2D eigenvalue weighted by atomic mass is 32.2. The van der Waals surface area contributed by atoms with E-state index in [-0.39, 0.29) is 36.1 Å². The van der Waals surface area contributed by atoms with E-state index in [1.54, 1.807) is 6.07 Å². The largest absolute Gasteiger partial charge is 0.396 e. The fourth-order valence-electron chi connectivity index (χ4n) is 8.86. The van der Waals surface area contributed by atoms with Crippen LogP contribution in [0.4, 0.5) is 0 Å². The summed E-state index contributed by atoms with van der Waals surface area (Å²) >= 11 is 0. The Morgan fingerprint density at radius 1 is 1.14 bits per heavy atom. The fraction of sp³-hybridized carbons (Fsp3) is 0.846. The molecule has 7 rings (SSSR count). The fourth-order valence-corrected chi connectivity index (χ4v) is 11.0. The Morgan fingerprint density at radius 3 is 2.64 bits per heavy atom. The smallest absolute Gasteiger partial charge is 0.282 e. The third kappa shape index (κ3) is 3.77. The van der Waals surface area contributed by atoms with Crippen LogP contribution in [-0.2, 0) is 10.2 Å². The molecule has 0 spiro atoms. The third-order valence-corrected chi connectivity index (χ3v) is 12.6. The topological polar surface area (TPSA) is 116 Å². The van der Waals surface area contributed by atoms with Gasteiger partial charge in [0.1, 0.15) is 5.76 Å². The van der Waals surface area contributed by atoms with Crippen LogP contribution >= 0.6 is 0 Å². The number of piperidine rings is 1. The Hall–Kier alpha value is -1.49. The first-order valence-corrected chi connectivity index (χ1v) is 15.4. The summed E-state index contributed by atoms with van der Waals surface area (Å²) in [5, 5.41) is 16.7. The number of carbonyl (C=O) groups excluding carboxylic acids is 1. The summed E-state index contributed by atoms with van der Waals surface area (Å²) in [4.78, 5) is 12.8. The van der Waals surface area contributed by atoms with Gasteiger partial charge in [0.25, 0.3) is 16.1 Å². The predicted octanol–water partition coefficient (Wildman–Crippen LogP) is 2.64. The Balaban J connectivity index is 1.03. The first kappa shape index (κ1) is 23.6. The maximum absolute atomic E-state index is 14.0. The molecule has 7 atom stereocenters. The number of hydrogen-bond donors (Lipinski definition) is 2. The van der Waals surface area contributed by atoms with Crippen LogP contribution in [0.2, 0.25) is 0 Å². The molecule has 3 saturated heterocycles. The standard InChI is InChI=1S/C26H38N4O5S/c31-8-7-26-6-5-18-15-29(14-16(13-26)9-22(18)26)36(33,34)30-20-3-4-21(30)11-19(10-20)27-25(32)23-12-24(35-28-23)17-1-2-17/h12,16-22,31H,1-11,13-15H2,(H,27,32)/t16?,18?,19-,20+,21-,22?,26?. The quantitative estimate of drug-likeness (QED) is 0.573. The van der Waals surface area contributed by atoms with E-state index in [9.17, 15) is 18.3 Å². The van der Waals surface area contributed by atoms with Crippen molar-refractivity contribution in [1.82, 2.24) is 19.1 Å². The number of amides is 1. The monoisotopic (exact) mass is 518 g/mol. The van der Waals surface area contributed by atoms with Gasteiger partial charge in [0.15, 0.2) is 5.69 Å². The van der Waals surface area contributed by atoms with Crippen LogP contribution in [0.3, 0.4) is 0 Å². The minimum atomic E-state index is -3.55. The van der Waals surface area contributed by atoms with E-state index in [2.05, 4.69) is 10.5 Å². The average Bonchev–Trinajstić information content (AvgIpc) is 3.23. The number of hydrogen-bond acceptors (Lipinski definition) is 6. The normalized spacial score (nSPS) is 40.5. The molecule has 3 aliphatic carbocycles. The average molecular weight is 519 g/mol. The zero-order valence-electron chi connectivity index (χ0n) is 20.8. The van der Waals surface area contributed by atoms with Crippen molar-refractivity contribution in [2.24, 2.45) is 23.2 Å². The Labute approximate surface area is 213 Å². The number of nitrogens with zero attached hydrogens (tertiary/aromatic N) is 3. The molecule has 198 valence electrons. The van der Waals surface area contributed by atoms with E-state index in [4.69, 9.17) is 4.52 Å². The lowest BCUT2D eigenvalue weighted by molar-refractivity contribution is 0.0896. The molecule has 4 heterocycles. The van der Waals surface area contributed by atoms with Gasteiger partial charge in [-0.3, -0.25) is 4.79 Å². The van der Waals surface area contributed by atoms with Crippen LogP contribution < -0.4 is 5.32 Å². The van der Waals surface area contributed by atoms with E-state index >= 15 is 0 Å². The predicted molar refractivity (Wildman–Crippen MR) is 131 cm³/mol. The van der Waals surface area contributed by atoms with E-state index in [0.29, 0.717) is 55.3 Å². The second-order valence-corrected chi connectivity index (χ2v) is 14.5. The zero-order chi connectivity index (χ0) is 24.7. The van der Waals surface area contributed by atoms with Gasteiger partial charge in [-0.1, -0.05) is 5.16 Å². The molecule has 10 heteroatoms. The second kappa shape index (κ2) is 8.51. The molecule has 0 aromatic carbocycles. The molecule has 3 aliphatic heterocycles. The molecule has 1 aromatic heterocycles. The summed E-state index contributed by atoms with van der Waals surface area (Å²) in [5.41, 5.74) is 0.575. The SMILES string of the molecule is O=C(N[C@H]1C[C@H]2CC[C@@H](C1)N2S(=O)(=O)N1CC2CC3C(CCC3(CCO)C2)C1)c1cc(C2CC2)on1. The summed E-state index contributed by atoms with van der Waals surface area (Å²) in [7, 11) is -3.55. The minimum absolute atomic E-state index is 0.0448. The highest BCUT2D eigenvalue weighted by Gasteiger charge is 2.58. The Kier molecular flexibility index (Phi) is 5.58. The van der Waals surface area contributed by atoms with Gasteiger partial charge >= 0.3 is 0 Å². The number of fused-ring (bicyclic) bond motifs is 3. The molecule has 3 saturated carbocycles. The lowest BCUT2D eigenvalue weighted by Gasteiger charge is -2.42. The number of nitrogens with one attached hydrogen (secondary N) is 1. The summed E-state index contributed by atoms with van der Waals surface area (Å²) in [6.07, 6.45) is 10.5. The lowest BCUT2D eigenvalue weighted by Crippen LogP contribution is -2.57. The molecule has 36 heavy (non-hydrogen) atoms. The highest BCUT2D eigenvalue weighted by Crippen LogP contribution is 2.62.